The Kier molecular flexibility index (Phi) is 6.03. The highest BCUT2D eigenvalue weighted by atomic mass is 16.6. The fourth-order valence-electron chi connectivity index (χ4n) is 7.49. The molecule has 194 valence electrons. The molecule has 1 aromatic heterocycles. The SMILES string of the molecule is COc1ccc(CN(Cc2ccco2)CC2C(=O)OC3CC4(C)CCCC5(CO5)C4CC32)cc1OC. The van der Waals surface area contributed by atoms with Crippen LogP contribution in [0.5, 0.6) is 11.5 Å². The summed E-state index contributed by atoms with van der Waals surface area (Å²) in [4.78, 5) is 15.6. The van der Waals surface area contributed by atoms with Crippen LogP contribution in [0, 0.1) is 23.2 Å². The summed E-state index contributed by atoms with van der Waals surface area (Å²) in [6, 6.07) is 9.88. The summed E-state index contributed by atoms with van der Waals surface area (Å²) in [5.41, 5.74) is 1.36. The van der Waals surface area contributed by atoms with Crippen molar-refractivity contribution in [2.75, 3.05) is 27.4 Å². The summed E-state index contributed by atoms with van der Waals surface area (Å²) in [7, 11) is 3.29. The average molecular weight is 496 g/mol. The van der Waals surface area contributed by atoms with Crippen LogP contribution in [0.2, 0.25) is 0 Å². The molecule has 6 rings (SSSR count). The van der Waals surface area contributed by atoms with Crippen LogP contribution in [-0.4, -0.2) is 49.9 Å². The highest BCUT2D eigenvalue weighted by Crippen LogP contribution is 2.62. The number of carbonyl (C=O) groups excluding carboxylic acids is 1. The molecule has 2 saturated carbocycles. The van der Waals surface area contributed by atoms with E-state index < -0.39 is 0 Å². The Morgan fingerprint density at radius 1 is 1.11 bits per heavy atom. The molecule has 7 heteroatoms. The van der Waals surface area contributed by atoms with Crippen LogP contribution < -0.4 is 9.47 Å². The maximum atomic E-state index is 13.3. The van der Waals surface area contributed by atoms with E-state index in [1.54, 1.807) is 20.5 Å². The number of benzene rings is 1. The van der Waals surface area contributed by atoms with Gasteiger partial charge < -0.3 is 23.4 Å². The van der Waals surface area contributed by atoms with Crippen LogP contribution in [0.1, 0.15) is 50.4 Å². The van der Waals surface area contributed by atoms with Crippen LogP contribution in [0.25, 0.3) is 0 Å². The standard InChI is InChI=1S/C29H37NO6/c1-28-9-5-10-29(18-35-29)26(28)13-21-22(27(31)36-25(21)14-28)17-30(16-20-6-4-11-34-20)15-19-7-8-23(32-2)24(12-19)33-3/h4,6-8,11-12,21-22,25-26H,5,9-10,13-18H2,1-3H3. The van der Waals surface area contributed by atoms with Gasteiger partial charge in [-0.25, -0.2) is 0 Å². The molecule has 7 nitrogen and oxygen atoms in total. The van der Waals surface area contributed by atoms with Gasteiger partial charge in [-0.05, 0) is 73.3 Å². The third-order valence-electron chi connectivity index (χ3n) is 9.35. The van der Waals surface area contributed by atoms with E-state index >= 15 is 0 Å². The number of rotatable bonds is 8. The van der Waals surface area contributed by atoms with Crippen molar-refractivity contribution in [2.24, 2.45) is 23.2 Å². The summed E-state index contributed by atoms with van der Waals surface area (Å²) in [6.07, 6.45) is 7.27. The Morgan fingerprint density at radius 3 is 2.67 bits per heavy atom. The third kappa shape index (κ3) is 4.20. The van der Waals surface area contributed by atoms with Gasteiger partial charge in [0.1, 0.15) is 11.9 Å². The lowest BCUT2D eigenvalue weighted by atomic mass is 9.53. The fourth-order valence-corrected chi connectivity index (χ4v) is 7.49. The number of esters is 1. The van der Waals surface area contributed by atoms with Crippen molar-refractivity contribution in [3.8, 4) is 11.5 Å². The van der Waals surface area contributed by atoms with E-state index in [1.165, 1.54) is 12.8 Å². The van der Waals surface area contributed by atoms with E-state index in [0.29, 0.717) is 37.1 Å². The minimum Gasteiger partial charge on any atom is -0.493 e. The van der Waals surface area contributed by atoms with Crippen LogP contribution in [0.15, 0.2) is 41.0 Å². The predicted octanol–water partition coefficient (Wildman–Crippen LogP) is 4.83. The average Bonchev–Trinajstić information content (AvgIpc) is 3.31. The lowest BCUT2D eigenvalue weighted by Crippen LogP contribution is -2.51. The molecule has 6 atom stereocenters. The Balaban J connectivity index is 1.23. The molecule has 0 radical (unpaired) electrons. The molecule has 1 aromatic carbocycles. The van der Waals surface area contributed by atoms with Crippen LogP contribution in [0.4, 0.5) is 0 Å². The zero-order chi connectivity index (χ0) is 24.9. The normalized spacial score (nSPS) is 34.8. The van der Waals surface area contributed by atoms with Gasteiger partial charge in [0.15, 0.2) is 11.5 Å². The van der Waals surface area contributed by atoms with Gasteiger partial charge >= 0.3 is 5.97 Å². The van der Waals surface area contributed by atoms with E-state index in [0.717, 1.165) is 37.2 Å². The van der Waals surface area contributed by atoms with Gasteiger partial charge in [-0.3, -0.25) is 9.69 Å². The number of fused-ring (bicyclic) bond motifs is 3. The van der Waals surface area contributed by atoms with Gasteiger partial charge in [0, 0.05) is 19.0 Å². The molecular formula is C29H37NO6. The molecule has 2 aliphatic carbocycles. The molecule has 4 aliphatic rings. The van der Waals surface area contributed by atoms with Gasteiger partial charge in [0.25, 0.3) is 0 Å². The summed E-state index contributed by atoms with van der Waals surface area (Å²) < 4.78 is 28.8. The number of epoxide rings is 1. The number of hydrogen-bond donors (Lipinski definition) is 0. The second-order valence-corrected chi connectivity index (χ2v) is 11.5. The van der Waals surface area contributed by atoms with Crippen LogP contribution >= 0.6 is 0 Å². The minimum absolute atomic E-state index is 0.0178. The Bertz CT molecular complexity index is 1100. The van der Waals surface area contributed by atoms with E-state index in [2.05, 4.69) is 17.9 Å². The number of ether oxygens (including phenoxy) is 4. The van der Waals surface area contributed by atoms with Crippen molar-refractivity contribution >= 4 is 5.97 Å². The van der Waals surface area contributed by atoms with Crippen molar-refractivity contribution in [1.82, 2.24) is 4.90 Å². The first kappa shape index (κ1) is 23.9. The molecule has 0 N–H and O–H groups in total. The molecule has 3 heterocycles. The molecule has 36 heavy (non-hydrogen) atoms. The van der Waals surface area contributed by atoms with Gasteiger partial charge in [-0.2, -0.15) is 0 Å². The smallest absolute Gasteiger partial charge is 0.310 e. The summed E-state index contributed by atoms with van der Waals surface area (Å²) in [5, 5.41) is 0. The quantitative estimate of drug-likeness (QED) is 0.384. The molecule has 4 fully saturated rings. The Labute approximate surface area is 213 Å². The van der Waals surface area contributed by atoms with Crippen molar-refractivity contribution in [1.29, 1.82) is 0 Å². The van der Waals surface area contributed by atoms with Crippen molar-refractivity contribution in [3.05, 3.63) is 47.9 Å². The number of carbonyl (C=O) groups is 1. The molecule has 0 amide bonds. The maximum absolute atomic E-state index is 13.3. The molecule has 1 spiro atoms. The lowest BCUT2D eigenvalue weighted by molar-refractivity contribution is -0.147. The second-order valence-electron chi connectivity index (χ2n) is 11.5. The second kappa shape index (κ2) is 9.10. The highest BCUT2D eigenvalue weighted by Gasteiger charge is 2.65. The van der Waals surface area contributed by atoms with Gasteiger partial charge in [-0.1, -0.05) is 13.0 Å². The Morgan fingerprint density at radius 2 is 1.94 bits per heavy atom. The lowest BCUT2D eigenvalue weighted by Gasteiger charge is -2.51. The molecule has 2 aromatic rings. The van der Waals surface area contributed by atoms with Crippen molar-refractivity contribution in [2.45, 2.75) is 63.8 Å². The largest absolute Gasteiger partial charge is 0.493 e. The molecule has 2 aliphatic heterocycles. The van der Waals surface area contributed by atoms with E-state index in [9.17, 15) is 4.79 Å². The van der Waals surface area contributed by atoms with Crippen molar-refractivity contribution in [3.63, 3.8) is 0 Å². The van der Waals surface area contributed by atoms with Gasteiger partial charge in [-0.15, -0.1) is 0 Å². The predicted molar refractivity (Wildman–Crippen MR) is 133 cm³/mol. The highest BCUT2D eigenvalue weighted by molar-refractivity contribution is 5.75. The molecule has 6 unspecified atom stereocenters. The summed E-state index contributed by atoms with van der Waals surface area (Å²) in [6.45, 7) is 5.20. The van der Waals surface area contributed by atoms with Gasteiger partial charge in [0.2, 0.25) is 0 Å². The maximum Gasteiger partial charge on any atom is 0.310 e. The van der Waals surface area contributed by atoms with Crippen molar-refractivity contribution < 1.29 is 28.2 Å². The number of nitrogens with zero attached hydrogens (tertiary/aromatic N) is 1. The molecular weight excluding hydrogens is 458 g/mol. The zero-order valence-electron chi connectivity index (χ0n) is 21.5. The monoisotopic (exact) mass is 495 g/mol. The first-order valence-electron chi connectivity index (χ1n) is 13.2. The number of furan rings is 1. The van der Waals surface area contributed by atoms with E-state index in [4.69, 9.17) is 23.4 Å². The first-order chi connectivity index (χ1) is 17.4. The number of methoxy groups -OCH3 is 2. The number of hydrogen-bond acceptors (Lipinski definition) is 7. The van der Waals surface area contributed by atoms with E-state index in [1.807, 2.05) is 24.3 Å². The fraction of sp³-hybridized carbons (Fsp3) is 0.621. The third-order valence-corrected chi connectivity index (χ3v) is 9.35. The zero-order valence-corrected chi connectivity index (χ0v) is 21.5. The summed E-state index contributed by atoms with van der Waals surface area (Å²) >= 11 is 0. The molecule has 0 bridgehead atoms. The summed E-state index contributed by atoms with van der Waals surface area (Å²) in [5.74, 6) is 2.84. The topological polar surface area (TPSA) is 73.7 Å². The van der Waals surface area contributed by atoms with Crippen LogP contribution in [0.3, 0.4) is 0 Å². The van der Waals surface area contributed by atoms with Crippen LogP contribution in [-0.2, 0) is 27.4 Å². The van der Waals surface area contributed by atoms with Gasteiger partial charge in [0.05, 0.1) is 45.2 Å². The van der Waals surface area contributed by atoms with E-state index in [-0.39, 0.29) is 34.9 Å². The molecule has 2 saturated heterocycles. The first-order valence-corrected chi connectivity index (χ1v) is 13.2. The Hall–Kier alpha value is -2.51. The minimum atomic E-state index is -0.146.